The largest absolute Gasteiger partial charge is 0.476 e. The molecule has 0 saturated carbocycles. The van der Waals surface area contributed by atoms with Gasteiger partial charge in [-0.3, -0.25) is 0 Å². The standard InChI is InChI=1S/C18H20N6O3S/c19-28(25,26)14-8-6-13(7-9-14)22-18-23-16-15(20-11-21-16)17(24-18)27-10-12-4-2-1-3-5-12/h1-2,6-9,11-12H,3-5,10H2,(H2,19,25,26)(H2,20,21,22,23,24). The van der Waals surface area contributed by atoms with E-state index in [9.17, 15) is 8.42 Å². The van der Waals surface area contributed by atoms with E-state index >= 15 is 0 Å². The predicted octanol–water partition coefficient (Wildman–Crippen LogP) is 2.48. The third-order valence-electron chi connectivity index (χ3n) is 4.52. The summed E-state index contributed by atoms with van der Waals surface area (Å²) >= 11 is 0. The molecular formula is C18H20N6O3S. The summed E-state index contributed by atoms with van der Waals surface area (Å²) in [6, 6.07) is 6.02. The van der Waals surface area contributed by atoms with Gasteiger partial charge in [-0.1, -0.05) is 12.2 Å². The Bertz CT molecular complexity index is 1110. The summed E-state index contributed by atoms with van der Waals surface area (Å²) in [4.78, 5) is 16.1. The normalized spacial score (nSPS) is 17.0. The van der Waals surface area contributed by atoms with Crippen LogP contribution in [0.2, 0.25) is 0 Å². The second kappa shape index (κ2) is 7.56. The highest BCUT2D eigenvalue weighted by molar-refractivity contribution is 7.89. The monoisotopic (exact) mass is 400 g/mol. The molecule has 1 atom stereocenters. The van der Waals surface area contributed by atoms with Crippen molar-refractivity contribution in [3.8, 4) is 5.88 Å². The fourth-order valence-electron chi connectivity index (χ4n) is 3.03. The third-order valence-corrected chi connectivity index (χ3v) is 5.45. The number of benzene rings is 1. The summed E-state index contributed by atoms with van der Waals surface area (Å²) in [5, 5.41) is 8.17. The molecule has 146 valence electrons. The molecule has 0 aliphatic heterocycles. The molecule has 0 fully saturated rings. The predicted molar refractivity (Wildman–Crippen MR) is 105 cm³/mol. The molecule has 0 radical (unpaired) electrons. The zero-order valence-corrected chi connectivity index (χ0v) is 15.8. The fraction of sp³-hybridized carbons (Fsp3) is 0.278. The molecule has 4 N–H and O–H groups in total. The number of nitrogens with one attached hydrogen (secondary N) is 2. The van der Waals surface area contributed by atoms with Crippen LogP contribution in [0.4, 0.5) is 11.6 Å². The first-order valence-electron chi connectivity index (χ1n) is 8.88. The molecule has 3 aromatic rings. The maximum atomic E-state index is 11.4. The van der Waals surface area contributed by atoms with Crippen LogP contribution in [0.25, 0.3) is 11.2 Å². The lowest BCUT2D eigenvalue weighted by molar-refractivity contribution is 0.233. The highest BCUT2D eigenvalue weighted by atomic mass is 32.2. The summed E-state index contributed by atoms with van der Waals surface area (Å²) in [5.74, 6) is 1.18. The van der Waals surface area contributed by atoms with Crippen molar-refractivity contribution in [1.29, 1.82) is 0 Å². The number of rotatable bonds is 6. The third kappa shape index (κ3) is 4.12. The van der Waals surface area contributed by atoms with Crippen molar-refractivity contribution in [2.45, 2.75) is 24.2 Å². The van der Waals surface area contributed by atoms with E-state index in [4.69, 9.17) is 9.88 Å². The number of nitrogens with two attached hydrogens (primary N) is 1. The van der Waals surface area contributed by atoms with Crippen LogP contribution < -0.4 is 15.2 Å². The van der Waals surface area contributed by atoms with Gasteiger partial charge in [0.2, 0.25) is 21.9 Å². The van der Waals surface area contributed by atoms with Crippen molar-refractivity contribution in [1.82, 2.24) is 19.9 Å². The molecule has 0 spiro atoms. The lowest BCUT2D eigenvalue weighted by Crippen LogP contribution is -2.14. The van der Waals surface area contributed by atoms with Gasteiger partial charge in [0.15, 0.2) is 11.2 Å². The van der Waals surface area contributed by atoms with Gasteiger partial charge in [-0.15, -0.1) is 0 Å². The van der Waals surface area contributed by atoms with Crippen LogP contribution in [0.15, 0.2) is 47.6 Å². The van der Waals surface area contributed by atoms with Gasteiger partial charge in [0.05, 0.1) is 17.8 Å². The number of aromatic nitrogens is 4. The summed E-state index contributed by atoms with van der Waals surface area (Å²) in [6.07, 6.45) is 9.07. The van der Waals surface area contributed by atoms with Gasteiger partial charge in [-0.2, -0.15) is 9.97 Å². The number of ether oxygens (including phenoxy) is 1. The molecule has 0 saturated heterocycles. The van der Waals surface area contributed by atoms with Crippen molar-refractivity contribution in [2.75, 3.05) is 11.9 Å². The SMILES string of the molecule is NS(=O)(=O)c1ccc(Nc2nc(OCC3CC=CCC3)c3nc[nH]c3n2)cc1. The van der Waals surface area contributed by atoms with E-state index in [1.807, 2.05) is 0 Å². The topological polar surface area (TPSA) is 136 Å². The maximum Gasteiger partial charge on any atom is 0.247 e. The number of aromatic amines is 1. The first-order valence-corrected chi connectivity index (χ1v) is 10.4. The van der Waals surface area contributed by atoms with Crippen molar-refractivity contribution >= 4 is 32.8 Å². The van der Waals surface area contributed by atoms with Gasteiger partial charge < -0.3 is 15.0 Å². The zero-order valence-electron chi connectivity index (χ0n) is 15.0. The Labute approximate surface area is 162 Å². The van der Waals surface area contributed by atoms with Crippen LogP contribution in [0.3, 0.4) is 0 Å². The van der Waals surface area contributed by atoms with Crippen LogP contribution in [-0.2, 0) is 10.0 Å². The average molecular weight is 400 g/mol. The minimum absolute atomic E-state index is 0.0357. The minimum Gasteiger partial charge on any atom is -0.476 e. The maximum absolute atomic E-state index is 11.4. The number of anilines is 2. The van der Waals surface area contributed by atoms with Crippen LogP contribution in [-0.4, -0.2) is 35.0 Å². The van der Waals surface area contributed by atoms with E-state index in [1.165, 1.54) is 12.1 Å². The van der Waals surface area contributed by atoms with E-state index in [0.29, 0.717) is 41.2 Å². The Kier molecular flexibility index (Phi) is 4.97. The Morgan fingerprint density at radius 2 is 2.04 bits per heavy atom. The summed E-state index contributed by atoms with van der Waals surface area (Å²) in [6.45, 7) is 0.561. The van der Waals surface area contributed by atoms with E-state index in [0.717, 1.165) is 19.3 Å². The Balaban J connectivity index is 1.55. The van der Waals surface area contributed by atoms with Crippen LogP contribution in [0.1, 0.15) is 19.3 Å². The number of nitrogens with zero attached hydrogens (tertiary/aromatic N) is 3. The summed E-state index contributed by atoms with van der Waals surface area (Å²) < 4.78 is 28.7. The molecule has 1 aliphatic carbocycles. The molecule has 2 heterocycles. The Hall–Kier alpha value is -2.98. The smallest absolute Gasteiger partial charge is 0.247 e. The number of hydrogen-bond acceptors (Lipinski definition) is 7. The van der Waals surface area contributed by atoms with Crippen molar-refractivity contribution in [2.24, 2.45) is 11.1 Å². The number of hydrogen-bond donors (Lipinski definition) is 3. The molecule has 4 rings (SSSR count). The molecule has 1 unspecified atom stereocenters. The van der Waals surface area contributed by atoms with Crippen molar-refractivity contribution in [3.63, 3.8) is 0 Å². The molecule has 1 aliphatic rings. The van der Waals surface area contributed by atoms with Gasteiger partial charge in [-0.05, 0) is 49.4 Å². The fourth-order valence-corrected chi connectivity index (χ4v) is 3.54. The summed E-state index contributed by atoms with van der Waals surface area (Å²) in [5.41, 5.74) is 1.74. The molecular weight excluding hydrogens is 380 g/mol. The first-order chi connectivity index (χ1) is 13.5. The van der Waals surface area contributed by atoms with Crippen molar-refractivity contribution < 1.29 is 13.2 Å². The second-order valence-corrected chi connectivity index (χ2v) is 8.17. The van der Waals surface area contributed by atoms with Crippen molar-refractivity contribution in [3.05, 3.63) is 42.7 Å². The lowest BCUT2D eigenvalue weighted by atomic mass is 9.95. The van der Waals surface area contributed by atoms with E-state index in [2.05, 4.69) is 37.4 Å². The number of fused-ring (bicyclic) bond motifs is 1. The van der Waals surface area contributed by atoms with E-state index in [1.54, 1.807) is 18.5 Å². The van der Waals surface area contributed by atoms with E-state index < -0.39 is 10.0 Å². The molecule has 0 bridgehead atoms. The van der Waals surface area contributed by atoms with Gasteiger partial charge in [0.25, 0.3) is 0 Å². The lowest BCUT2D eigenvalue weighted by Gasteiger charge is -2.18. The van der Waals surface area contributed by atoms with Gasteiger partial charge in [0.1, 0.15) is 0 Å². The van der Waals surface area contributed by atoms with Crippen LogP contribution >= 0.6 is 0 Å². The molecule has 1 aromatic carbocycles. The molecule has 2 aromatic heterocycles. The summed E-state index contributed by atoms with van der Waals surface area (Å²) in [7, 11) is -3.74. The highest BCUT2D eigenvalue weighted by Crippen LogP contribution is 2.25. The number of sulfonamides is 1. The zero-order chi connectivity index (χ0) is 19.6. The number of primary sulfonamides is 1. The molecule has 9 nitrogen and oxygen atoms in total. The van der Waals surface area contributed by atoms with E-state index in [-0.39, 0.29) is 4.90 Å². The molecule has 0 amide bonds. The number of imidazole rings is 1. The Morgan fingerprint density at radius 3 is 2.75 bits per heavy atom. The van der Waals surface area contributed by atoms with Gasteiger partial charge >= 0.3 is 0 Å². The number of H-pyrrole nitrogens is 1. The molecule has 28 heavy (non-hydrogen) atoms. The Morgan fingerprint density at radius 1 is 1.21 bits per heavy atom. The highest BCUT2D eigenvalue weighted by Gasteiger charge is 2.16. The van der Waals surface area contributed by atoms with Crippen LogP contribution in [0.5, 0.6) is 5.88 Å². The molecule has 10 heteroatoms. The minimum atomic E-state index is -3.74. The first kappa shape index (κ1) is 18.4. The quantitative estimate of drug-likeness (QED) is 0.541. The van der Waals surface area contributed by atoms with Crippen LogP contribution in [0, 0.1) is 5.92 Å². The van der Waals surface area contributed by atoms with Gasteiger partial charge in [-0.25, -0.2) is 18.5 Å². The second-order valence-electron chi connectivity index (χ2n) is 6.61. The number of allylic oxidation sites excluding steroid dienone is 2. The van der Waals surface area contributed by atoms with Gasteiger partial charge in [0, 0.05) is 5.69 Å². The average Bonchev–Trinajstić information content (AvgIpc) is 3.15.